The lowest BCUT2D eigenvalue weighted by atomic mass is 10.1. The predicted molar refractivity (Wildman–Crippen MR) is 85.8 cm³/mol. The zero-order chi connectivity index (χ0) is 16.6. The van der Waals surface area contributed by atoms with E-state index >= 15 is 0 Å². The summed E-state index contributed by atoms with van der Waals surface area (Å²) in [5, 5.41) is 0. The lowest BCUT2D eigenvalue weighted by molar-refractivity contribution is -0.120. The summed E-state index contributed by atoms with van der Waals surface area (Å²) in [7, 11) is -3.72. The van der Waals surface area contributed by atoms with Gasteiger partial charge in [-0.25, -0.2) is 13.1 Å². The van der Waals surface area contributed by atoms with E-state index in [-0.39, 0.29) is 23.1 Å². The van der Waals surface area contributed by atoms with Gasteiger partial charge in [0.05, 0.1) is 10.9 Å². The van der Waals surface area contributed by atoms with Crippen LogP contribution in [0.15, 0.2) is 40.2 Å². The number of nitrogens with one attached hydrogen (secondary N) is 1. The van der Waals surface area contributed by atoms with Gasteiger partial charge in [0, 0.05) is 13.0 Å². The molecule has 0 radical (unpaired) electrons. The number of nitrogens with zero attached hydrogens (tertiary/aromatic N) is 1. The van der Waals surface area contributed by atoms with Gasteiger partial charge in [0.25, 0.3) is 0 Å². The van der Waals surface area contributed by atoms with Crippen LogP contribution in [0, 0.1) is 0 Å². The second-order valence-electron chi connectivity index (χ2n) is 4.76. The van der Waals surface area contributed by atoms with Crippen molar-refractivity contribution < 1.29 is 13.2 Å². The normalized spacial score (nSPS) is 12.6. The molecule has 1 aromatic carbocycles. The van der Waals surface area contributed by atoms with Gasteiger partial charge in [0.2, 0.25) is 10.0 Å². The van der Waals surface area contributed by atoms with Crippen LogP contribution in [0.5, 0.6) is 0 Å². The van der Waals surface area contributed by atoms with Crippen LogP contribution in [0.25, 0.3) is 0 Å². The van der Waals surface area contributed by atoms with Crippen molar-refractivity contribution >= 4 is 21.8 Å². The molecule has 1 aromatic rings. The van der Waals surface area contributed by atoms with Crippen molar-refractivity contribution in [3.63, 3.8) is 0 Å². The van der Waals surface area contributed by atoms with E-state index in [2.05, 4.69) is 9.71 Å². The number of carbonyl (C=O) groups is 1. The Hall–Kier alpha value is -1.93. The molecule has 0 unspecified atom stereocenters. The molecule has 0 aliphatic rings. The molecule has 0 saturated heterocycles. The number of aliphatic imine (C=N–C) groups is 1. The molecule has 0 amide bonds. The Morgan fingerprint density at radius 1 is 1.27 bits per heavy atom. The van der Waals surface area contributed by atoms with Crippen LogP contribution in [-0.2, 0) is 14.8 Å². The van der Waals surface area contributed by atoms with E-state index in [1.807, 2.05) is 0 Å². The molecule has 1 rings (SSSR count). The highest BCUT2D eigenvalue weighted by atomic mass is 32.2. The maximum atomic E-state index is 12.3. The highest BCUT2D eigenvalue weighted by Crippen LogP contribution is 2.11. The molecule has 5 N–H and O–H groups in total. The van der Waals surface area contributed by atoms with Crippen LogP contribution in [0.4, 0.5) is 0 Å². The van der Waals surface area contributed by atoms with E-state index in [0.717, 1.165) is 0 Å². The minimum absolute atomic E-state index is 0.0248. The first kappa shape index (κ1) is 18.1. The Labute approximate surface area is 130 Å². The molecule has 0 aliphatic carbocycles. The first-order chi connectivity index (χ1) is 10.4. The smallest absolute Gasteiger partial charge is 0.241 e. The summed E-state index contributed by atoms with van der Waals surface area (Å²) < 4.78 is 27.0. The lowest BCUT2D eigenvalue weighted by Crippen LogP contribution is -2.40. The summed E-state index contributed by atoms with van der Waals surface area (Å²) in [6.45, 7) is 2.05. The second-order valence-corrected chi connectivity index (χ2v) is 6.47. The zero-order valence-electron chi connectivity index (χ0n) is 12.5. The Kier molecular flexibility index (Phi) is 7.00. The number of Topliss-reactive ketones (excluding diaryl/α,β-unsaturated/α-hetero) is 1. The first-order valence-electron chi connectivity index (χ1n) is 7.02. The molecular formula is C14H22N4O3S. The fraction of sp³-hybridized carbons (Fsp3) is 0.429. The van der Waals surface area contributed by atoms with E-state index in [1.54, 1.807) is 25.1 Å². The van der Waals surface area contributed by atoms with Crippen LogP contribution in [0.1, 0.15) is 26.2 Å². The van der Waals surface area contributed by atoms with E-state index in [4.69, 9.17) is 11.5 Å². The van der Waals surface area contributed by atoms with Crippen molar-refractivity contribution in [3.05, 3.63) is 30.3 Å². The number of ketones is 1. The van der Waals surface area contributed by atoms with Gasteiger partial charge >= 0.3 is 0 Å². The van der Waals surface area contributed by atoms with E-state index < -0.39 is 16.1 Å². The molecule has 7 nitrogen and oxygen atoms in total. The largest absolute Gasteiger partial charge is 0.370 e. The van der Waals surface area contributed by atoms with Gasteiger partial charge in [-0.3, -0.25) is 9.79 Å². The summed E-state index contributed by atoms with van der Waals surface area (Å²) in [5.41, 5.74) is 10.4. The monoisotopic (exact) mass is 326 g/mol. The van der Waals surface area contributed by atoms with Crippen molar-refractivity contribution in [2.75, 3.05) is 6.54 Å². The standard InChI is InChI=1S/C14H22N4O3S/c1-2-13(19)12(9-6-10-17-14(15)16)18-22(20,21)11-7-4-3-5-8-11/h3-5,7-8,12,18H,2,6,9-10H2,1H3,(H4,15,16,17)/t12-/m0/s1. The predicted octanol–water partition coefficient (Wildman–Crippen LogP) is 0.366. The van der Waals surface area contributed by atoms with Gasteiger partial charge in [-0.05, 0) is 25.0 Å². The average molecular weight is 326 g/mol. The minimum atomic E-state index is -3.72. The SMILES string of the molecule is CCC(=O)[C@H](CCCN=C(N)N)NS(=O)(=O)c1ccccc1. The van der Waals surface area contributed by atoms with Crippen LogP contribution >= 0.6 is 0 Å². The number of nitrogens with two attached hydrogens (primary N) is 2. The van der Waals surface area contributed by atoms with Crippen LogP contribution in [-0.4, -0.2) is 32.7 Å². The highest BCUT2D eigenvalue weighted by molar-refractivity contribution is 7.89. The van der Waals surface area contributed by atoms with Gasteiger partial charge in [-0.2, -0.15) is 0 Å². The number of guanidine groups is 1. The molecule has 0 bridgehead atoms. The summed E-state index contributed by atoms with van der Waals surface area (Å²) in [4.78, 5) is 15.9. The molecule has 0 aliphatic heterocycles. The molecule has 0 saturated carbocycles. The molecular weight excluding hydrogens is 304 g/mol. The first-order valence-corrected chi connectivity index (χ1v) is 8.50. The molecule has 122 valence electrons. The van der Waals surface area contributed by atoms with Crippen LogP contribution in [0.2, 0.25) is 0 Å². The molecule has 0 heterocycles. The average Bonchev–Trinajstić information content (AvgIpc) is 2.50. The maximum Gasteiger partial charge on any atom is 0.241 e. The molecule has 0 aromatic heterocycles. The Morgan fingerprint density at radius 3 is 2.45 bits per heavy atom. The van der Waals surface area contributed by atoms with Gasteiger partial charge < -0.3 is 11.5 Å². The number of sulfonamides is 1. The quantitative estimate of drug-likeness (QED) is 0.343. The Morgan fingerprint density at radius 2 is 1.91 bits per heavy atom. The number of benzene rings is 1. The summed E-state index contributed by atoms with van der Waals surface area (Å²) >= 11 is 0. The topological polar surface area (TPSA) is 128 Å². The van der Waals surface area contributed by atoms with E-state index in [9.17, 15) is 13.2 Å². The highest BCUT2D eigenvalue weighted by Gasteiger charge is 2.23. The summed E-state index contributed by atoms with van der Waals surface area (Å²) in [5.74, 6) is -0.188. The lowest BCUT2D eigenvalue weighted by Gasteiger charge is -2.16. The number of carbonyl (C=O) groups excluding carboxylic acids is 1. The zero-order valence-corrected chi connectivity index (χ0v) is 13.3. The number of hydrogen-bond acceptors (Lipinski definition) is 4. The maximum absolute atomic E-state index is 12.3. The van der Waals surface area contributed by atoms with E-state index in [1.165, 1.54) is 12.1 Å². The molecule has 0 spiro atoms. The minimum Gasteiger partial charge on any atom is -0.370 e. The van der Waals surface area contributed by atoms with Gasteiger partial charge in [-0.1, -0.05) is 25.1 Å². The third kappa shape index (κ3) is 5.82. The number of rotatable bonds is 9. The van der Waals surface area contributed by atoms with Crippen LogP contribution in [0.3, 0.4) is 0 Å². The van der Waals surface area contributed by atoms with Gasteiger partial charge in [0.1, 0.15) is 0 Å². The summed E-state index contributed by atoms with van der Waals surface area (Å²) in [6.07, 6.45) is 1.10. The fourth-order valence-corrected chi connectivity index (χ4v) is 3.17. The van der Waals surface area contributed by atoms with Crippen molar-refractivity contribution in [2.45, 2.75) is 37.1 Å². The van der Waals surface area contributed by atoms with Gasteiger partial charge in [0.15, 0.2) is 11.7 Å². The summed E-state index contributed by atoms with van der Waals surface area (Å²) in [6, 6.07) is 7.17. The third-order valence-corrected chi connectivity index (χ3v) is 4.52. The Balaban J connectivity index is 2.77. The second kappa shape index (κ2) is 8.50. The Bertz CT molecular complexity index is 610. The fourth-order valence-electron chi connectivity index (χ4n) is 1.89. The van der Waals surface area contributed by atoms with E-state index in [0.29, 0.717) is 19.4 Å². The van der Waals surface area contributed by atoms with Crippen molar-refractivity contribution in [3.8, 4) is 0 Å². The van der Waals surface area contributed by atoms with Crippen molar-refractivity contribution in [1.29, 1.82) is 0 Å². The van der Waals surface area contributed by atoms with Crippen molar-refractivity contribution in [2.24, 2.45) is 16.5 Å². The van der Waals surface area contributed by atoms with Crippen molar-refractivity contribution in [1.82, 2.24) is 4.72 Å². The molecule has 0 fully saturated rings. The molecule has 1 atom stereocenters. The number of hydrogen-bond donors (Lipinski definition) is 3. The molecule has 22 heavy (non-hydrogen) atoms. The van der Waals surface area contributed by atoms with Crippen LogP contribution < -0.4 is 16.2 Å². The molecule has 8 heteroatoms. The van der Waals surface area contributed by atoms with Gasteiger partial charge in [-0.15, -0.1) is 0 Å². The third-order valence-electron chi connectivity index (χ3n) is 3.03.